The normalized spacial score (nSPS) is 10.3. The lowest BCUT2D eigenvalue weighted by Crippen LogP contribution is -2.18. The highest BCUT2D eigenvalue weighted by Crippen LogP contribution is 2.01. The number of esters is 1. The van der Waals surface area contributed by atoms with E-state index in [2.05, 4.69) is 5.32 Å². The molecule has 5 heteroatoms. The zero-order valence-corrected chi connectivity index (χ0v) is 12.5. The Labute approximate surface area is 134 Å². The molecule has 5 nitrogen and oxygen atoms in total. The topological polar surface area (TPSA) is 64.6 Å². The van der Waals surface area contributed by atoms with Gasteiger partial charge >= 0.3 is 12.1 Å². The molecule has 0 aromatic heterocycles. The van der Waals surface area contributed by atoms with Crippen LogP contribution in [-0.4, -0.2) is 12.1 Å². The van der Waals surface area contributed by atoms with Crippen LogP contribution in [0.3, 0.4) is 0 Å². The van der Waals surface area contributed by atoms with Gasteiger partial charge in [-0.3, -0.25) is 5.32 Å². The lowest BCUT2D eigenvalue weighted by Gasteiger charge is -2.04. The van der Waals surface area contributed by atoms with Gasteiger partial charge in [0.15, 0.2) is 0 Å². The Kier molecular flexibility index (Phi) is 6.41. The van der Waals surface area contributed by atoms with Crippen LogP contribution in [0.5, 0.6) is 0 Å². The maximum absolute atomic E-state index is 11.5. The van der Waals surface area contributed by atoms with Gasteiger partial charge in [-0.1, -0.05) is 60.7 Å². The molecule has 0 aliphatic rings. The van der Waals surface area contributed by atoms with Gasteiger partial charge in [-0.15, -0.1) is 0 Å². The number of alkyl carbamates (subject to hydrolysis) is 1. The maximum Gasteiger partial charge on any atom is 0.411 e. The van der Waals surface area contributed by atoms with Crippen LogP contribution in [0.15, 0.2) is 72.9 Å². The molecule has 2 aromatic rings. The van der Waals surface area contributed by atoms with E-state index in [1.807, 2.05) is 60.7 Å². The van der Waals surface area contributed by atoms with E-state index in [0.29, 0.717) is 0 Å². The predicted octanol–water partition coefficient (Wildman–Crippen LogP) is 3.17. The SMILES string of the molecule is O=C(C=CNC(=O)OCc1ccccc1)OCc1ccccc1. The Morgan fingerprint density at radius 1 is 0.826 bits per heavy atom. The van der Waals surface area contributed by atoms with Crippen molar-refractivity contribution in [2.45, 2.75) is 13.2 Å². The van der Waals surface area contributed by atoms with Gasteiger partial charge in [-0.05, 0) is 11.1 Å². The molecule has 0 heterocycles. The van der Waals surface area contributed by atoms with Gasteiger partial charge in [0.25, 0.3) is 0 Å². The molecule has 0 aliphatic carbocycles. The standard InChI is InChI=1S/C18H17NO4/c20-17(22-13-15-7-3-1-4-8-15)11-12-19-18(21)23-14-16-9-5-2-6-10-16/h1-12H,13-14H2,(H,19,21). The lowest BCUT2D eigenvalue weighted by atomic mass is 10.2. The largest absolute Gasteiger partial charge is 0.458 e. The van der Waals surface area contributed by atoms with E-state index in [-0.39, 0.29) is 13.2 Å². The number of nitrogens with one attached hydrogen (secondary N) is 1. The van der Waals surface area contributed by atoms with E-state index in [1.165, 1.54) is 6.20 Å². The summed E-state index contributed by atoms with van der Waals surface area (Å²) in [6.07, 6.45) is 1.69. The van der Waals surface area contributed by atoms with Gasteiger partial charge < -0.3 is 9.47 Å². The Morgan fingerprint density at radius 3 is 1.91 bits per heavy atom. The Balaban J connectivity index is 1.65. The zero-order chi connectivity index (χ0) is 16.3. The van der Waals surface area contributed by atoms with E-state index in [9.17, 15) is 9.59 Å². The van der Waals surface area contributed by atoms with Crippen LogP contribution in [-0.2, 0) is 27.5 Å². The third-order valence-electron chi connectivity index (χ3n) is 2.86. The summed E-state index contributed by atoms with van der Waals surface area (Å²) in [5.41, 5.74) is 1.78. The summed E-state index contributed by atoms with van der Waals surface area (Å²) >= 11 is 0. The Bertz CT molecular complexity index is 653. The monoisotopic (exact) mass is 311 g/mol. The molecule has 0 spiro atoms. The van der Waals surface area contributed by atoms with Crippen LogP contribution >= 0.6 is 0 Å². The van der Waals surface area contributed by atoms with Crippen molar-refractivity contribution in [1.29, 1.82) is 0 Å². The van der Waals surface area contributed by atoms with Crippen molar-refractivity contribution < 1.29 is 19.1 Å². The molecule has 0 unspecified atom stereocenters. The van der Waals surface area contributed by atoms with Gasteiger partial charge in [-0.2, -0.15) is 0 Å². The highest BCUT2D eigenvalue weighted by molar-refractivity contribution is 5.82. The minimum Gasteiger partial charge on any atom is -0.458 e. The molecule has 118 valence electrons. The second-order valence-electron chi connectivity index (χ2n) is 4.63. The van der Waals surface area contributed by atoms with E-state index in [0.717, 1.165) is 17.2 Å². The second-order valence-corrected chi connectivity index (χ2v) is 4.63. The average molecular weight is 311 g/mol. The van der Waals surface area contributed by atoms with Gasteiger partial charge in [-0.25, -0.2) is 9.59 Å². The van der Waals surface area contributed by atoms with E-state index < -0.39 is 12.1 Å². The van der Waals surface area contributed by atoms with Crippen LogP contribution in [0.4, 0.5) is 4.79 Å². The molecule has 0 radical (unpaired) electrons. The van der Waals surface area contributed by atoms with Gasteiger partial charge in [0.05, 0.1) is 0 Å². The first-order valence-corrected chi connectivity index (χ1v) is 7.08. The molecular formula is C18H17NO4. The van der Waals surface area contributed by atoms with Crippen LogP contribution < -0.4 is 5.32 Å². The average Bonchev–Trinajstić information content (AvgIpc) is 2.60. The summed E-state index contributed by atoms with van der Waals surface area (Å²) in [6, 6.07) is 18.6. The maximum atomic E-state index is 11.5. The van der Waals surface area contributed by atoms with Crippen molar-refractivity contribution in [3.63, 3.8) is 0 Å². The summed E-state index contributed by atoms with van der Waals surface area (Å²) in [5.74, 6) is -0.544. The van der Waals surface area contributed by atoms with Crippen molar-refractivity contribution in [3.8, 4) is 0 Å². The molecule has 1 amide bonds. The number of rotatable bonds is 6. The number of hydrogen-bond donors (Lipinski definition) is 1. The van der Waals surface area contributed by atoms with Crippen molar-refractivity contribution in [3.05, 3.63) is 84.1 Å². The molecule has 0 saturated heterocycles. The molecule has 23 heavy (non-hydrogen) atoms. The first kappa shape index (κ1) is 16.3. The van der Waals surface area contributed by atoms with Gasteiger partial charge in [0.2, 0.25) is 0 Å². The number of hydrogen-bond acceptors (Lipinski definition) is 4. The molecule has 2 rings (SSSR count). The molecule has 0 atom stereocenters. The highest BCUT2D eigenvalue weighted by atomic mass is 16.5. The van der Waals surface area contributed by atoms with E-state index in [1.54, 1.807) is 0 Å². The number of amides is 1. The molecule has 0 bridgehead atoms. The van der Waals surface area contributed by atoms with Crippen molar-refractivity contribution in [1.82, 2.24) is 5.32 Å². The first-order chi connectivity index (χ1) is 11.2. The summed E-state index contributed by atoms with van der Waals surface area (Å²) < 4.78 is 10.0. The third kappa shape index (κ3) is 6.48. The molecule has 0 saturated carbocycles. The fourth-order valence-electron chi connectivity index (χ4n) is 1.72. The minimum absolute atomic E-state index is 0.166. The summed E-state index contributed by atoms with van der Waals surface area (Å²) in [6.45, 7) is 0.349. The lowest BCUT2D eigenvalue weighted by molar-refractivity contribution is -0.139. The van der Waals surface area contributed by atoms with E-state index in [4.69, 9.17) is 9.47 Å². The second kappa shape index (κ2) is 9.04. The quantitative estimate of drug-likeness (QED) is 0.657. The highest BCUT2D eigenvalue weighted by Gasteiger charge is 2.01. The zero-order valence-electron chi connectivity index (χ0n) is 12.5. The van der Waals surface area contributed by atoms with Crippen molar-refractivity contribution in [2.75, 3.05) is 0 Å². The fourth-order valence-corrected chi connectivity index (χ4v) is 1.72. The smallest absolute Gasteiger partial charge is 0.411 e. The minimum atomic E-state index is -0.638. The molecule has 2 aromatic carbocycles. The number of ether oxygens (including phenoxy) is 2. The Hall–Kier alpha value is -3.08. The Morgan fingerprint density at radius 2 is 1.35 bits per heavy atom. The van der Waals surface area contributed by atoms with Gasteiger partial charge in [0, 0.05) is 12.3 Å². The van der Waals surface area contributed by atoms with Crippen molar-refractivity contribution in [2.24, 2.45) is 0 Å². The molecule has 0 aliphatic heterocycles. The fraction of sp³-hybridized carbons (Fsp3) is 0.111. The van der Waals surface area contributed by atoms with Crippen LogP contribution in [0.25, 0.3) is 0 Å². The van der Waals surface area contributed by atoms with E-state index >= 15 is 0 Å². The van der Waals surface area contributed by atoms with Crippen molar-refractivity contribution >= 4 is 12.1 Å². The number of carbonyl (C=O) groups excluding carboxylic acids is 2. The summed E-state index contributed by atoms with van der Waals surface area (Å²) in [7, 11) is 0. The molecule has 1 N–H and O–H groups in total. The molecular weight excluding hydrogens is 294 g/mol. The molecule has 0 fully saturated rings. The summed E-state index contributed by atoms with van der Waals surface area (Å²) in [5, 5.41) is 2.34. The van der Waals surface area contributed by atoms with Crippen LogP contribution in [0.1, 0.15) is 11.1 Å². The van der Waals surface area contributed by atoms with Crippen LogP contribution in [0, 0.1) is 0 Å². The predicted molar refractivity (Wildman–Crippen MR) is 85.1 cm³/mol. The third-order valence-corrected chi connectivity index (χ3v) is 2.86. The van der Waals surface area contributed by atoms with Crippen LogP contribution in [0.2, 0.25) is 0 Å². The number of carbonyl (C=O) groups is 2. The first-order valence-electron chi connectivity index (χ1n) is 7.08. The summed E-state index contributed by atoms with van der Waals surface area (Å²) in [4.78, 5) is 22.9. The van der Waals surface area contributed by atoms with Gasteiger partial charge in [0.1, 0.15) is 13.2 Å². The number of benzene rings is 2.